The molecule has 1 saturated carbocycles. The number of alkyl halides is 3. The Kier molecular flexibility index (Phi) is 4.03. The molecule has 0 amide bonds. The van der Waals surface area contributed by atoms with Crippen molar-refractivity contribution in [2.75, 3.05) is 12.9 Å². The largest absolute Gasteiger partial charge is 0.468 e. The molecule has 1 saturated heterocycles. The normalized spacial score (nSPS) is 37.0. The summed E-state index contributed by atoms with van der Waals surface area (Å²) in [4.78, 5) is 11.4. The minimum atomic E-state index is -4.38. The van der Waals surface area contributed by atoms with Crippen LogP contribution in [0.25, 0.3) is 0 Å². The number of fused-ring (bicyclic) bond motifs is 1. The molecule has 0 aromatic heterocycles. The second-order valence-corrected chi connectivity index (χ2v) is 7.53. The van der Waals surface area contributed by atoms with Crippen molar-refractivity contribution in [1.29, 1.82) is 0 Å². The van der Waals surface area contributed by atoms with Gasteiger partial charge in [0.2, 0.25) is 0 Å². The van der Waals surface area contributed by atoms with Crippen LogP contribution in [-0.4, -0.2) is 50.8 Å². The molecule has 5 nitrogen and oxygen atoms in total. The van der Waals surface area contributed by atoms with Gasteiger partial charge in [0.05, 0.1) is 24.0 Å². The van der Waals surface area contributed by atoms with Crippen LogP contribution in [0.5, 0.6) is 0 Å². The molecule has 2 rings (SSSR count). The summed E-state index contributed by atoms with van der Waals surface area (Å²) in [6.45, 7) is 0. The monoisotopic (exact) mass is 315 g/mol. The zero-order chi connectivity index (χ0) is 15.1. The van der Waals surface area contributed by atoms with Gasteiger partial charge in [-0.3, -0.25) is 10.1 Å². The highest BCUT2D eigenvalue weighted by Crippen LogP contribution is 2.41. The van der Waals surface area contributed by atoms with E-state index in [1.807, 2.05) is 0 Å². The summed E-state index contributed by atoms with van der Waals surface area (Å²) in [7, 11) is -2.60. The Morgan fingerprint density at radius 1 is 1.30 bits per heavy atom. The number of nitrogens with one attached hydrogen (secondary N) is 1. The molecule has 20 heavy (non-hydrogen) atoms. The number of rotatable bonds is 1. The van der Waals surface area contributed by atoms with Crippen LogP contribution < -0.4 is 5.32 Å². The number of halogens is 3. The Balaban J connectivity index is 2.18. The molecular weight excluding hydrogens is 299 g/mol. The van der Waals surface area contributed by atoms with E-state index in [0.717, 1.165) is 7.11 Å². The summed E-state index contributed by atoms with van der Waals surface area (Å²) in [6, 6.07) is -1.61. The van der Waals surface area contributed by atoms with E-state index in [0.29, 0.717) is 0 Å². The molecule has 9 heteroatoms. The van der Waals surface area contributed by atoms with Crippen molar-refractivity contribution >= 4 is 15.8 Å². The van der Waals surface area contributed by atoms with Gasteiger partial charge in [0.15, 0.2) is 9.84 Å². The first kappa shape index (κ1) is 15.6. The predicted molar refractivity (Wildman–Crippen MR) is 63.7 cm³/mol. The summed E-state index contributed by atoms with van der Waals surface area (Å²) in [6.07, 6.45) is -4.85. The van der Waals surface area contributed by atoms with Crippen LogP contribution in [-0.2, 0) is 19.4 Å². The summed E-state index contributed by atoms with van der Waals surface area (Å²) in [5, 5.41) is 1.73. The van der Waals surface area contributed by atoms with Crippen LogP contribution >= 0.6 is 0 Å². The number of ether oxygens (including phenoxy) is 1. The number of esters is 1. The van der Waals surface area contributed by atoms with Gasteiger partial charge in [0.25, 0.3) is 0 Å². The second-order valence-electron chi connectivity index (χ2n) is 5.27. The van der Waals surface area contributed by atoms with E-state index in [4.69, 9.17) is 0 Å². The molecule has 1 aliphatic carbocycles. The lowest BCUT2D eigenvalue weighted by Gasteiger charge is -2.41. The quantitative estimate of drug-likeness (QED) is 0.719. The maximum absolute atomic E-state index is 12.7. The summed E-state index contributed by atoms with van der Waals surface area (Å²) < 4.78 is 66.9. The standard InChI is InChI=1S/C11H16F3NO4S/c1-19-10(16)8-5-20(17,18)9-4-6(11(12,13)14)2-3-7(9)15-8/h6-9,15H,2-5H2,1H3. The lowest BCUT2D eigenvalue weighted by Crippen LogP contribution is -2.62. The summed E-state index contributed by atoms with van der Waals surface area (Å²) in [5.41, 5.74) is 0. The van der Waals surface area contributed by atoms with Gasteiger partial charge in [-0.05, 0) is 19.3 Å². The van der Waals surface area contributed by atoms with E-state index in [9.17, 15) is 26.4 Å². The number of hydrogen-bond acceptors (Lipinski definition) is 5. The van der Waals surface area contributed by atoms with Gasteiger partial charge in [0.1, 0.15) is 6.04 Å². The zero-order valence-electron chi connectivity index (χ0n) is 10.8. The van der Waals surface area contributed by atoms with Crippen molar-refractivity contribution in [3.05, 3.63) is 0 Å². The Morgan fingerprint density at radius 3 is 2.50 bits per heavy atom. The fraction of sp³-hybridized carbons (Fsp3) is 0.909. The van der Waals surface area contributed by atoms with Gasteiger partial charge >= 0.3 is 12.1 Å². The minimum Gasteiger partial charge on any atom is -0.468 e. The van der Waals surface area contributed by atoms with Gasteiger partial charge in [0, 0.05) is 6.04 Å². The van der Waals surface area contributed by atoms with Crippen LogP contribution in [0.4, 0.5) is 13.2 Å². The molecule has 4 unspecified atom stereocenters. The smallest absolute Gasteiger partial charge is 0.391 e. The van der Waals surface area contributed by atoms with Crippen molar-refractivity contribution in [2.45, 2.75) is 42.8 Å². The fourth-order valence-electron chi connectivity index (χ4n) is 2.95. The molecule has 0 radical (unpaired) electrons. The molecule has 116 valence electrons. The molecule has 0 aromatic carbocycles. The van der Waals surface area contributed by atoms with Gasteiger partial charge < -0.3 is 4.74 Å². The van der Waals surface area contributed by atoms with Crippen molar-refractivity contribution in [3.63, 3.8) is 0 Å². The highest BCUT2D eigenvalue weighted by atomic mass is 32.2. The first-order valence-corrected chi connectivity index (χ1v) is 7.99. The predicted octanol–water partition coefficient (Wildman–Crippen LogP) is 0.646. The number of carbonyl (C=O) groups is 1. The number of methoxy groups -OCH3 is 1. The summed E-state index contributed by atoms with van der Waals surface area (Å²) >= 11 is 0. The third-order valence-electron chi connectivity index (χ3n) is 4.02. The number of hydrogen-bond donors (Lipinski definition) is 1. The molecule has 0 bridgehead atoms. The molecule has 1 heterocycles. The third kappa shape index (κ3) is 2.93. The van der Waals surface area contributed by atoms with Crippen LogP contribution in [0.2, 0.25) is 0 Å². The van der Waals surface area contributed by atoms with Gasteiger partial charge in [-0.15, -0.1) is 0 Å². The van der Waals surface area contributed by atoms with E-state index < -0.39 is 57.4 Å². The van der Waals surface area contributed by atoms with Crippen molar-refractivity contribution in [3.8, 4) is 0 Å². The first-order valence-electron chi connectivity index (χ1n) is 6.27. The lowest BCUT2D eigenvalue weighted by molar-refractivity contribution is -0.182. The highest BCUT2D eigenvalue weighted by Gasteiger charge is 2.52. The Bertz CT molecular complexity index is 490. The van der Waals surface area contributed by atoms with Gasteiger partial charge in [-0.25, -0.2) is 8.42 Å². The van der Waals surface area contributed by atoms with Crippen LogP contribution in [0, 0.1) is 5.92 Å². The van der Waals surface area contributed by atoms with E-state index in [1.165, 1.54) is 0 Å². The van der Waals surface area contributed by atoms with Crippen molar-refractivity contribution in [2.24, 2.45) is 5.92 Å². The fourth-order valence-corrected chi connectivity index (χ4v) is 5.14. The van der Waals surface area contributed by atoms with E-state index in [2.05, 4.69) is 10.1 Å². The van der Waals surface area contributed by atoms with Crippen LogP contribution in [0.1, 0.15) is 19.3 Å². The average molecular weight is 315 g/mol. The number of sulfone groups is 1. The van der Waals surface area contributed by atoms with Gasteiger partial charge in [-0.1, -0.05) is 0 Å². The first-order chi connectivity index (χ1) is 9.15. The van der Waals surface area contributed by atoms with E-state index >= 15 is 0 Å². The third-order valence-corrected chi connectivity index (χ3v) is 6.26. The maximum Gasteiger partial charge on any atom is 0.391 e. The van der Waals surface area contributed by atoms with E-state index in [-0.39, 0.29) is 12.8 Å². The molecule has 0 spiro atoms. The molecule has 2 aliphatic rings. The highest BCUT2D eigenvalue weighted by molar-refractivity contribution is 7.92. The summed E-state index contributed by atoms with van der Waals surface area (Å²) in [5.74, 6) is -2.80. The van der Waals surface area contributed by atoms with Crippen molar-refractivity contribution in [1.82, 2.24) is 5.32 Å². The van der Waals surface area contributed by atoms with E-state index in [1.54, 1.807) is 0 Å². The molecule has 1 N–H and O–H groups in total. The Morgan fingerprint density at radius 2 is 1.95 bits per heavy atom. The Labute approximate surface area is 114 Å². The average Bonchev–Trinajstić information content (AvgIpc) is 2.35. The minimum absolute atomic E-state index is 0.0849. The molecule has 4 atom stereocenters. The Hall–Kier alpha value is -0.830. The van der Waals surface area contributed by atoms with Gasteiger partial charge in [-0.2, -0.15) is 13.2 Å². The topological polar surface area (TPSA) is 72.5 Å². The van der Waals surface area contributed by atoms with Crippen LogP contribution in [0.3, 0.4) is 0 Å². The zero-order valence-corrected chi connectivity index (χ0v) is 11.6. The molecule has 0 aromatic rings. The van der Waals surface area contributed by atoms with Crippen LogP contribution in [0.15, 0.2) is 0 Å². The maximum atomic E-state index is 12.7. The van der Waals surface area contributed by atoms with Crippen molar-refractivity contribution < 1.29 is 31.1 Å². The molecular formula is C11H16F3NO4S. The number of carbonyl (C=O) groups excluding carboxylic acids is 1. The second kappa shape index (κ2) is 5.18. The lowest BCUT2D eigenvalue weighted by atomic mass is 9.84. The molecule has 2 fully saturated rings. The molecule has 1 aliphatic heterocycles. The SMILES string of the molecule is COC(=O)C1CS(=O)(=O)C2CC(C(F)(F)F)CCC2N1.